The average Bonchev–Trinajstić information content (AvgIpc) is 2.50. The lowest BCUT2D eigenvalue weighted by molar-refractivity contribution is -0.137. The minimum atomic E-state index is -0.961. The number of hydrogen-bond acceptors (Lipinski definition) is 4. The smallest absolute Gasteiger partial charge is 0.305 e. The number of rotatable bonds is 5. The van der Waals surface area contributed by atoms with E-state index in [1.54, 1.807) is 0 Å². The zero-order valence-corrected chi connectivity index (χ0v) is 8.37. The van der Waals surface area contributed by atoms with E-state index in [0.29, 0.717) is 11.4 Å². The number of aryl methyl sites for hydroxylation is 1. The van der Waals surface area contributed by atoms with Gasteiger partial charge in [0.05, 0.1) is 12.5 Å². The first-order chi connectivity index (χ1) is 6.63. The van der Waals surface area contributed by atoms with Crippen molar-refractivity contribution in [1.82, 2.24) is 10.3 Å². The monoisotopic (exact) mass is 214 g/mol. The molecule has 1 aromatic rings. The van der Waals surface area contributed by atoms with Gasteiger partial charge >= 0.3 is 5.97 Å². The average molecular weight is 214 g/mol. The highest BCUT2D eigenvalue weighted by molar-refractivity contribution is 7.09. The SMILES string of the molecule is Cc1csc([C@@H](CC(=O)O)NC=O)n1. The van der Waals surface area contributed by atoms with Gasteiger partial charge in [-0.05, 0) is 6.92 Å². The standard InChI is InChI=1S/C8H10N2O3S/c1-5-3-14-8(10-5)6(9-4-11)2-7(12)13/h3-4,6H,2H2,1H3,(H,9,11)(H,12,13)/t6-/m1/s1. The fraction of sp³-hybridized carbons (Fsp3) is 0.375. The highest BCUT2D eigenvalue weighted by atomic mass is 32.1. The number of hydrogen-bond donors (Lipinski definition) is 2. The van der Waals surface area contributed by atoms with Crippen LogP contribution in [0.5, 0.6) is 0 Å². The highest BCUT2D eigenvalue weighted by Gasteiger charge is 2.17. The molecule has 0 saturated carbocycles. The molecule has 0 spiro atoms. The molecule has 0 aliphatic carbocycles. The molecule has 0 aliphatic heterocycles. The molecule has 0 aliphatic rings. The molecule has 1 rings (SSSR count). The Balaban J connectivity index is 2.76. The molecule has 14 heavy (non-hydrogen) atoms. The van der Waals surface area contributed by atoms with E-state index < -0.39 is 12.0 Å². The molecule has 1 aromatic heterocycles. The number of carboxylic acid groups (broad SMARTS) is 1. The Morgan fingerprint density at radius 2 is 2.57 bits per heavy atom. The van der Waals surface area contributed by atoms with Crippen molar-refractivity contribution in [3.8, 4) is 0 Å². The largest absolute Gasteiger partial charge is 0.481 e. The van der Waals surface area contributed by atoms with E-state index >= 15 is 0 Å². The Kier molecular flexibility index (Phi) is 3.58. The molecule has 6 heteroatoms. The first-order valence-corrected chi connectivity index (χ1v) is 4.85. The van der Waals surface area contributed by atoms with Gasteiger partial charge in [-0.1, -0.05) is 0 Å². The lowest BCUT2D eigenvalue weighted by Gasteiger charge is -2.09. The maximum atomic E-state index is 10.5. The van der Waals surface area contributed by atoms with Gasteiger partial charge in [0.1, 0.15) is 5.01 Å². The van der Waals surface area contributed by atoms with Crippen molar-refractivity contribution in [2.75, 3.05) is 0 Å². The van der Waals surface area contributed by atoms with Gasteiger partial charge in [-0.2, -0.15) is 0 Å². The number of aromatic nitrogens is 1. The maximum absolute atomic E-state index is 10.5. The van der Waals surface area contributed by atoms with E-state index in [-0.39, 0.29) is 6.42 Å². The Bertz CT molecular complexity index is 337. The second-order valence-electron chi connectivity index (χ2n) is 2.76. The summed E-state index contributed by atoms with van der Waals surface area (Å²) < 4.78 is 0. The summed E-state index contributed by atoms with van der Waals surface area (Å²) in [5.41, 5.74) is 0.827. The van der Waals surface area contributed by atoms with Crippen molar-refractivity contribution in [1.29, 1.82) is 0 Å². The van der Waals surface area contributed by atoms with Crippen LogP contribution in [0.15, 0.2) is 5.38 Å². The second-order valence-corrected chi connectivity index (χ2v) is 3.65. The zero-order valence-electron chi connectivity index (χ0n) is 7.56. The van der Waals surface area contributed by atoms with Crippen LogP contribution in [-0.4, -0.2) is 22.5 Å². The van der Waals surface area contributed by atoms with Crippen molar-refractivity contribution in [2.45, 2.75) is 19.4 Å². The molecule has 0 radical (unpaired) electrons. The van der Waals surface area contributed by atoms with Gasteiger partial charge in [-0.25, -0.2) is 4.98 Å². The summed E-state index contributed by atoms with van der Waals surface area (Å²) in [5.74, 6) is -0.961. The second kappa shape index (κ2) is 4.71. The molecule has 1 heterocycles. The van der Waals surface area contributed by atoms with Gasteiger partial charge < -0.3 is 10.4 Å². The summed E-state index contributed by atoms with van der Waals surface area (Å²) >= 11 is 1.34. The van der Waals surface area contributed by atoms with E-state index in [2.05, 4.69) is 10.3 Å². The number of carboxylic acids is 1. The predicted molar refractivity (Wildman–Crippen MR) is 51.0 cm³/mol. The van der Waals surface area contributed by atoms with Gasteiger partial charge in [-0.3, -0.25) is 9.59 Å². The summed E-state index contributed by atoms with van der Waals surface area (Å²) in [6, 6.07) is -0.524. The van der Waals surface area contributed by atoms with Crippen molar-refractivity contribution in [3.63, 3.8) is 0 Å². The third kappa shape index (κ3) is 2.81. The Morgan fingerprint density at radius 3 is 3.00 bits per heavy atom. The van der Waals surface area contributed by atoms with Gasteiger partial charge in [-0.15, -0.1) is 11.3 Å². The minimum Gasteiger partial charge on any atom is -0.481 e. The van der Waals surface area contributed by atoms with Gasteiger partial charge in [0, 0.05) is 11.1 Å². The lowest BCUT2D eigenvalue weighted by atomic mass is 10.2. The molecule has 0 bridgehead atoms. The third-order valence-electron chi connectivity index (χ3n) is 1.58. The van der Waals surface area contributed by atoms with Crippen molar-refractivity contribution in [3.05, 3.63) is 16.1 Å². The van der Waals surface area contributed by atoms with E-state index in [4.69, 9.17) is 5.11 Å². The predicted octanol–water partition coefficient (Wildman–Crippen LogP) is 0.713. The van der Waals surface area contributed by atoms with Crippen molar-refractivity contribution >= 4 is 23.7 Å². The van der Waals surface area contributed by atoms with Gasteiger partial charge in [0.15, 0.2) is 0 Å². The molecule has 5 nitrogen and oxygen atoms in total. The van der Waals surface area contributed by atoms with Crippen LogP contribution < -0.4 is 5.32 Å². The Labute approximate surface area is 84.8 Å². The summed E-state index contributed by atoms with van der Waals surface area (Å²) in [5, 5.41) is 13.5. The first kappa shape index (κ1) is 10.6. The number of thiazole rings is 1. The van der Waals surface area contributed by atoms with Crippen LogP contribution in [0, 0.1) is 6.92 Å². The number of amides is 1. The molecular formula is C8H10N2O3S. The van der Waals surface area contributed by atoms with Crippen LogP contribution in [-0.2, 0) is 9.59 Å². The lowest BCUT2D eigenvalue weighted by Crippen LogP contribution is -2.22. The molecule has 0 fully saturated rings. The molecule has 1 amide bonds. The number of aliphatic carboxylic acids is 1. The normalized spacial score (nSPS) is 12.1. The molecule has 0 aromatic carbocycles. The zero-order chi connectivity index (χ0) is 10.6. The van der Waals surface area contributed by atoms with Gasteiger partial charge in [0.2, 0.25) is 6.41 Å². The summed E-state index contributed by atoms with van der Waals surface area (Å²) in [7, 11) is 0. The van der Waals surface area contributed by atoms with E-state index in [9.17, 15) is 9.59 Å². The molecule has 0 saturated heterocycles. The third-order valence-corrected chi connectivity index (χ3v) is 2.66. The fourth-order valence-electron chi connectivity index (χ4n) is 1.01. The van der Waals surface area contributed by atoms with Crippen LogP contribution in [0.3, 0.4) is 0 Å². The van der Waals surface area contributed by atoms with Crippen molar-refractivity contribution in [2.24, 2.45) is 0 Å². The topological polar surface area (TPSA) is 79.3 Å². The Hall–Kier alpha value is -1.43. The maximum Gasteiger partial charge on any atom is 0.305 e. The number of nitrogens with zero attached hydrogens (tertiary/aromatic N) is 1. The van der Waals surface area contributed by atoms with Crippen LogP contribution in [0.2, 0.25) is 0 Å². The molecule has 76 valence electrons. The van der Waals surface area contributed by atoms with Crippen molar-refractivity contribution < 1.29 is 14.7 Å². The molecule has 0 unspecified atom stereocenters. The van der Waals surface area contributed by atoms with Crippen LogP contribution >= 0.6 is 11.3 Å². The van der Waals surface area contributed by atoms with E-state index in [1.165, 1.54) is 11.3 Å². The fourth-order valence-corrected chi connectivity index (χ4v) is 1.86. The quantitative estimate of drug-likeness (QED) is 0.707. The molecule has 2 N–H and O–H groups in total. The number of carbonyl (C=O) groups is 2. The summed E-state index contributed by atoms with van der Waals surface area (Å²) in [6.45, 7) is 1.82. The van der Waals surface area contributed by atoms with Gasteiger partial charge in [0.25, 0.3) is 0 Å². The number of nitrogens with one attached hydrogen (secondary N) is 1. The highest BCUT2D eigenvalue weighted by Crippen LogP contribution is 2.20. The van der Waals surface area contributed by atoms with Crippen LogP contribution in [0.25, 0.3) is 0 Å². The van der Waals surface area contributed by atoms with E-state index in [1.807, 2.05) is 12.3 Å². The number of carbonyl (C=O) groups excluding carboxylic acids is 1. The summed E-state index contributed by atoms with van der Waals surface area (Å²) in [4.78, 5) is 24.9. The molecular weight excluding hydrogens is 204 g/mol. The Morgan fingerprint density at radius 1 is 1.86 bits per heavy atom. The summed E-state index contributed by atoms with van der Waals surface area (Å²) in [6.07, 6.45) is 0.343. The van der Waals surface area contributed by atoms with Crippen LogP contribution in [0.4, 0.5) is 0 Å². The van der Waals surface area contributed by atoms with Crippen LogP contribution in [0.1, 0.15) is 23.2 Å². The van der Waals surface area contributed by atoms with E-state index in [0.717, 1.165) is 5.69 Å². The minimum absolute atomic E-state index is 0.147. The first-order valence-electron chi connectivity index (χ1n) is 3.97. The molecule has 1 atom stereocenters.